The van der Waals surface area contributed by atoms with Crippen molar-refractivity contribution in [1.82, 2.24) is 0 Å². The Bertz CT molecular complexity index is 578. The fourth-order valence-corrected chi connectivity index (χ4v) is 2.29. The number of hydrogen-bond acceptors (Lipinski definition) is 2. The number of aryl methyl sites for hydroxylation is 1. The van der Waals surface area contributed by atoms with Crippen molar-refractivity contribution < 1.29 is 15.0 Å². The number of hydrogen-bond donors (Lipinski definition) is 2. The van der Waals surface area contributed by atoms with Gasteiger partial charge in [-0.2, -0.15) is 0 Å². The van der Waals surface area contributed by atoms with Crippen molar-refractivity contribution in [3.63, 3.8) is 0 Å². The first-order valence-corrected chi connectivity index (χ1v) is 6.00. The van der Waals surface area contributed by atoms with Crippen LogP contribution in [-0.2, 0) is 11.2 Å². The molecule has 0 aliphatic heterocycles. The number of rotatable bonds is 3. The summed E-state index contributed by atoms with van der Waals surface area (Å²) in [5, 5.41) is 20.4. The molecule has 0 heterocycles. The summed E-state index contributed by atoms with van der Waals surface area (Å²) in [6.07, 6.45) is 0.358. The number of fused-ring (bicyclic) bond motifs is 1. The van der Waals surface area contributed by atoms with Gasteiger partial charge in [0.15, 0.2) is 0 Å². The van der Waals surface area contributed by atoms with Gasteiger partial charge < -0.3 is 10.2 Å². The molecule has 0 unspecified atom stereocenters. The third-order valence-electron chi connectivity index (χ3n) is 2.67. The van der Waals surface area contributed by atoms with Gasteiger partial charge in [0, 0.05) is 16.3 Å². The summed E-state index contributed by atoms with van der Waals surface area (Å²) in [7, 11) is 0. The van der Waals surface area contributed by atoms with E-state index in [1.807, 2.05) is 24.3 Å². The minimum Gasteiger partial charge on any atom is -0.507 e. The average molecular weight is 295 g/mol. The molecule has 0 saturated carbocycles. The van der Waals surface area contributed by atoms with Crippen molar-refractivity contribution in [2.24, 2.45) is 0 Å². The summed E-state index contributed by atoms with van der Waals surface area (Å²) >= 11 is 3.41. The number of aromatic hydroxyl groups is 1. The molecule has 0 bridgehead atoms. The summed E-state index contributed by atoms with van der Waals surface area (Å²) in [5.74, 6) is -0.691. The van der Waals surface area contributed by atoms with Crippen LogP contribution in [0.3, 0.4) is 0 Å². The van der Waals surface area contributed by atoms with Crippen molar-refractivity contribution in [3.8, 4) is 5.75 Å². The van der Waals surface area contributed by atoms with Crippen molar-refractivity contribution >= 4 is 32.7 Å². The van der Waals surface area contributed by atoms with Crippen LogP contribution in [0.1, 0.15) is 12.0 Å². The van der Waals surface area contributed by atoms with Gasteiger partial charge in [-0.1, -0.05) is 40.2 Å². The van der Waals surface area contributed by atoms with Crippen LogP contribution in [0.4, 0.5) is 0 Å². The Hall–Kier alpha value is -1.55. The molecule has 2 aromatic rings. The fraction of sp³-hybridized carbons (Fsp3) is 0.154. The van der Waals surface area contributed by atoms with E-state index in [1.165, 1.54) is 0 Å². The molecule has 2 N–H and O–H groups in total. The molecule has 3 nitrogen and oxygen atoms in total. The maximum Gasteiger partial charge on any atom is 0.303 e. The van der Waals surface area contributed by atoms with E-state index in [4.69, 9.17) is 5.11 Å². The fourth-order valence-electron chi connectivity index (χ4n) is 1.79. The normalized spacial score (nSPS) is 10.6. The van der Waals surface area contributed by atoms with E-state index < -0.39 is 5.97 Å². The monoisotopic (exact) mass is 294 g/mol. The molecule has 2 aromatic carbocycles. The van der Waals surface area contributed by atoms with E-state index in [9.17, 15) is 9.90 Å². The first-order valence-electron chi connectivity index (χ1n) is 5.20. The standard InChI is InChI=1S/C13H11BrO3/c14-11-3-1-2-10-9(11)6-4-8(13(10)17)5-7-12(15)16/h1-4,6,17H,5,7H2,(H,15,16). The maximum atomic E-state index is 10.5. The molecule has 0 spiro atoms. The molecule has 2 rings (SSSR count). The van der Waals surface area contributed by atoms with Crippen molar-refractivity contribution in [2.45, 2.75) is 12.8 Å². The molecule has 4 heteroatoms. The van der Waals surface area contributed by atoms with Crippen molar-refractivity contribution in [3.05, 3.63) is 40.4 Å². The van der Waals surface area contributed by atoms with Crippen molar-refractivity contribution in [2.75, 3.05) is 0 Å². The van der Waals surface area contributed by atoms with Crippen LogP contribution in [0.25, 0.3) is 10.8 Å². The number of halogens is 1. The van der Waals surface area contributed by atoms with Crippen LogP contribution in [-0.4, -0.2) is 16.2 Å². The third-order valence-corrected chi connectivity index (χ3v) is 3.36. The molecular formula is C13H11BrO3. The molecular weight excluding hydrogens is 284 g/mol. The predicted molar refractivity (Wildman–Crippen MR) is 69.3 cm³/mol. The van der Waals surface area contributed by atoms with Gasteiger partial charge in [0.2, 0.25) is 0 Å². The molecule has 0 aliphatic carbocycles. The lowest BCUT2D eigenvalue weighted by Gasteiger charge is -2.08. The lowest BCUT2D eigenvalue weighted by molar-refractivity contribution is -0.136. The molecule has 0 atom stereocenters. The highest BCUT2D eigenvalue weighted by Crippen LogP contribution is 2.33. The zero-order chi connectivity index (χ0) is 12.4. The Morgan fingerprint density at radius 3 is 2.65 bits per heavy atom. The van der Waals surface area contributed by atoms with E-state index in [1.54, 1.807) is 6.07 Å². The van der Waals surface area contributed by atoms with Gasteiger partial charge in [-0.25, -0.2) is 0 Å². The average Bonchev–Trinajstić information content (AvgIpc) is 2.29. The first kappa shape index (κ1) is 11.9. The molecule has 0 aromatic heterocycles. The Labute approximate surface area is 107 Å². The summed E-state index contributed by atoms with van der Waals surface area (Å²) in [4.78, 5) is 10.5. The zero-order valence-electron chi connectivity index (χ0n) is 8.98. The number of benzene rings is 2. The second kappa shape index (κ2) is 4.75. The van der Waals surface area contributed by atoms with E-state index in [0.29, 0.717) is 12.0 Å². The summed E-state index contributed by atoms with van der Waals surface area (Å²) in [5.41, 5.74) is 0.665. The largest absolute Gasteiger partial charge is 0.507 e. The highest BCUT2D eigenvalue weighted by molar-refractivity contribution is 9.10. The minimum atomic E-state index is -0.862. The minimum absolute atomic E-state index is 0.0209. The predicted octanol–water partition coefficient (Wildman–Crippen LogP) is 3.33. The van der Waals surface area contributed by atoms with Gasteiger partial charge in [-0.15, -0.1) is 0 Å². The Morgan fingerprint density at radius 1 is 1.18 bits per heavy atom. The van der Waals surface area contributed by atoms with Gasteiger partial charge in [0.1, 0.15) is 5.75 Å². The molecule has 0 radical (unpaired) electrons. The van der Waals surface area contributed by atoms with E-state index in [0.717, 1.165) is 15.2 Å². The quantitative estimate of drug-likeness (QED) is 0.913. The summed E-state index contributed by atoms with van der Waals surface area (Å²) in [6.45, 7) is 0. The second-order valence-electron chi connectivity index (χ2n) is 3.80. The highest BCUT2D eigenvalue weighted by atomic mass is 79.9. The van der Waals surface area contributed by atoms with Crippen LogP contribution in [0.2, 0.25) is 0 Å². The number of phenols is 1. The third kappa shape index (κ3) is 2.42. The molecule has 17 heavy (non-hydrogen) atoms. The Balaban J connectivity index is 2.47. The number of carboxylic acid groups (broad SMARTS) is 1. The van der Waals surface area contributed by atoms with Crippen LogP contribution in [0.5, 0.6) is 5.75 Å². The van der Waals surface area contributed by atoms with Crippen LogP contribution in [0, 0.1) is 0 Å². The number of carboxylic acids is 1. The van der Waals surface area contributed by atoms with Gasteiger partial charge in [0.05, 0.1) is 0 Å². The smallest absolute Gasteiger partial charge is 0.303 e. The second-order valence-corrected chi connectivity index (χ2v) is 4.66. The van der Waals surface area contributed by atoms with Gasteiger partial charge in [-0.05, 0) is 23.4 Å². The molecule has 88 valence electrons. The van der Waals surface area contributed by atoms with Crippen LogP contribution >= 0.6 is 15.9 Å². The SMILES string of the molecule is O=C(O)CCc1ccc2c(Br)cccc2c1O. The Morgan fingerprint density at radius 2 is 1.94 bits per heavy atom. The van der Waals surface area contributed by atoms with Gasteiger partial charge in [-0.3, -0.25) is 4.79 Å². The Kier molecular flexibility index (Phi) is 3.33. The molecule has 0 aliphatic rings. The van der Waals surface area contributed by atoms with E-state index in [-0.39, 0.29) is 12.2 Å². The highest BCUT2D eigenvalue weighted by Gasteiger charge is 2.09. The molecule has 0 saturated heterocycles. The number of phenolic OH excluding ortho intramolecular Hbond substituents is 1. The zero-order valence-corrected chi connectivity index (χ0v) is 10.6. The summed E-state index contributed by atoms with van der Waals surface area (Å²) < 4.78 is 0.912. The molecule has 0 amide bonds. The lowest BCUT2D eigenvalue weighted by Crippen LogP contribution is -1.97. The lowest BCUT2D eigenvalue weighted by atomic mass is 10.0. The number of aliphatic carboxylic acids is 1. The first-order chi connectivity index (χ1) is 8.09. The van der Waals surface area contributed by atoms with Crippen molar-refractivity contribution in [1.29, 1.82) is 0 Å². The maximum absolute atomic E-state index is 10.5. The summed E-state index contributed by atoms with van der Waals surface area (Å²) in [6, 6.07) is 9.22. The van der Waals surface area contributed by atoms with E-state index in [2.05, 4.69) is 15.9 Å². The van der Waals surface area contributed by atoms with Gasteiger partial charge >= 0.3 is 5.97 Å². The van der Waals surface area contributed by atoms with Crippen LogP contribution in [0.15, 0.2) is 34.8 Å². The van der Waals surface area contributed by atoms with E-state index >= 15 is 0 Å². The van der Waals surface area contributed by atoms with Gasteiger partial charge in [0.25, 0.3) is 0 Å². The van der Waals surface area contributed by atoms with Crippen LogP contribution < -0.4 is 0 Å². The number of carbonyl (C=O) groups is 1. The topological polar surface area (TPSA) is 57.5 Å². The molecule has 0 fully saturated rings.